The van der Waals surface area contributed by atoms with Crippen LogP contribution in [0.25, 0.3) is 16.8 Å². The highest BCUT2D eigenvalue weighted by Crippen LogP contribution is 2.23. The highest BCUT2D eigenvalue weighted by molar-refractivity contribution is 5.68. The van der Waals surface area contributed by atoms with Gasteiger partial charge in [-0.25, -0.2) is 4.98 Å². The van der Waals surface area contributed by atoms with Crippen LogP contribution in [0.15, 0.2) is 53.5 Å². The minimum absolute atomic E-state index is 0.0110. The maximum atomic E-state index is 13.0. The van der Waals surface area contributed by atoms with Crippen molar-refractivity contribution in [3.05, 3.63) is 64.7 Å². The van der Waals surface area contributed by atoms with E-state index in [1.165, 1.54) is 0 Å². The van der Waals surface area contributed by atoms with Gasteiger partial charge in [-0.2, -0.15) is 0 Å². The van der Waals surface area contributed by atoms with Gasteiger partial charge in [0.05, 0.1) is 11.3 Å². The molecular formula is C20H22N4O. The standard InChI is InChI=1S/C20H22N4O/c1-2-17-19(20(25)24-12-4-3-5-18(24)23-17)14-6-8-15(9-7-14)22-16-10-11-21-13-16/h3-9,12,16,21-22H,2,10-11,13H2,1H3/t16-/m1/s1. The number of fused-ring (bicyclic) bond motifs is 1. The molecule has 5 nitrogen and oxygen atoms in total. The van der Waals surface area contributed by atoms with Crippen molar-refractivity contribution in [2.45, 2.75) is 25.8 Å². The summed E-state index contributed by atoms with van der Waals surface area (Å²) < 4.78 is 1.62. The fraction of sp³-hybridized carbons (Fsp3) is 0.300. The highest BCUT2D eigenvalue weighted by Gasteiger charge is 2.15. The van der Waals surface area contributed by atoms with E-state index in [2.05, 4.69) is 15.6 Å². The van der Waals surface area contributed by atoms with Gasteiger partial charge < -0.3 is 10.6 Å². The van der Waals surface area contributed by atoms with Crippen LogP contribution in [0.2, 0.25) is 0 Å². The van der Waals surface area contributed by atoms with Gasteiger partial charge in [-0.1, -0.05) is 25.1 Å². The summed E-state index contributed by atoms with van der Waals surface area (Å²) in [4.78, 5) is 17.6. The second kappa shape index (κ2) is 6.69. The lowest BCUT2D eigenvalue weighted by molar-refractivity contribution is 0.793. The molecule has 5 heteroatoms. The van der Waals surface area contributed by atoms with Crippen LogP contribution in [0, 0.1) is 0 Å². The van der Waals surface area contributed by atoms with E-state index in [1.54, 1.807) is 10.6 Å². The van der Waals surface area contributed by atoms with E-state index in [-0.39, 0.29) is 5.56 Å². The van der Waals surface area contributed by atoms with Crippen molar-refractivity contribution in [2.24, 2.45) is 0 Å². The maximum Gasteiger partial charge on any atom is 0.265 e. The molecule has 0 saturated carbocycles. The molecule has 1 saturated heterocycles. The smallest absolute Gasteiger partial charge is 0.265 e. The molecule has 1 atom stereocenters. The Morgan fingerprint density at radius 1 is 1.24 bits per heavy atom. The fourth-order valence-electron chi connectivity index (χ4n) is 3.43. The molecule has 2 N–H and O–H groups in total. The molecule has 25 heavy (non-hydrogen) atoms. The second-order valence-corrected chi connectivity index (χ2v) is 6.43. The number of pyridine rings is 1. The largest absolute Gasteiger partial charge is 0.381 e. The zero-order chi connectivity index (χ0) is 17.2. The van der Waals surface area contributed by atoms with E-state index in [1.807, 2.05) is 49.4 Å². The Morgan fingerprint density at radius 3 is 2.80 bits per heavy atom. The zero-order valence-corrected chi connectivity index (χ0v) is 14.3. The fourth-order valence-corrected chi connectivity index (χ4v) is 3.43. The summed E-state index contributed by atoms with van der Waals surface area (Å²) in [5, 5.41) is 6.89. The third kappa shape index (κ3) is 3.03. The summed E-state index contributed by atoms with van der Waals surface area (Å²) in [5.41, 5.74) is 4.23. The average molecular weight is 334 g/mol. The van der Waals surface area contributed by atoms with Gasteiger partial charge in [-0.3, -0.25) is 9.20 Å². The third-order valence-electron chi connectivity index (χ3n) is 4.75. The van der Waals surface area contributed by atoms with Crippen molar-refractivity contribution >= 4 is 11.3 Å². The van der Waals surface area contributed by atoms with Crippen molar-refractivity contribution in [3.63, 3.8) is 0 Å². The van der Waals surface area contributed by atoms with E-state index in [0.29, 0.717) is 17.3 Å². The molecule has 2 aromatic heterocycles. The maximum absolute atomic E-state index is 13.0. The second-order valence-electron chi connectivity index (χ2n) is 6.43. The summed E-state index contributed by atoms with van der Waals surface area (Å²) in [6.45, 7) is 4.10. The molecule has 128 valence electrons. The van der Waals surface area contributed by atoms with Gasteiger partial charge in [-0.05, 0) is 49.2 Å². The predicted molar refractivity (Wildman–Crippen MR) is 101 cm³/mol. The molecule has 4 rings (SSSR count). The highest BCUT2D eigenvalue weighted by atomic mass is 16.1. The normalized spacial score (nSPS) is 17.1. The van der Waals surface area contributed by atoms with Crippen LogP contribution in [0.4, 0.5) is 5.69 Å². The Kier molecular flexibility index (Phi) is 4.24. The van der Waals surface area contributed by atoms with Gasteiger partial charge in [0, 0.05) is 24.5 Å². The number of aromatic nitrogens is 2. The lowest BCUT2D eigenvalue weighted by Gasteiger charge is -2.14. The molecule has 1 aliphatic heterocycles. The first-order valence-corrected chi connectivity index (χ1v) is 8.84. The number of rotatable bonds is 4. The number of hydrogen-bond acceptors (Lipinski definition) is 4. The van der Waals surface area contributed by atoms with E-state index in [9.17, 15) is 4.79 Å². The van der Waals surface area contributed by atoms with Crippen LogP contribution >= 0.6 is 0 Å². The summed E-state index contributed by atoms with van der Waals surface area (Å²) in [6.07, 6.45) is 3.64. The molecule has 0 radical (unpaired) electrons. The van der Waals surface area contributed by atoms with Crippen molar-refractivity contribution in [2.75, 3.05) is 18.4 Å². The number of anilines is 1. The van der Waals surface area contributed by atoms with Gasteiger partial charge in [0.25, 0.3) is 5.56 Å². The number of benzene rings is 1. The Hall–Kier alpha value is -2.66. The van der Waals surface area contributed by atoms with Crippen molar-refractivity contribution in [3.8, 4) is 11.1 Å². The van der Waals surface area contributed by atoms with E-state index in [4.69, 9.17) is 0 Å². The Balaban J connectivity index is 1.73. The Bertz CT molecular complexity index is 940. The first-order valence-electron chi connectivity index (χ1n) is 8.84. The Labute approximate surface area is 146 Å². The summed E-state index contributed by atoms with van der Waals surface area (Å²) >= 11 is 0. The minimum atomic E-state index is -0.0110. The molecule has 0 unspecified atom stereocenters. The average Bonchev–Trinajstić information content (AvgIpc) is 3.15. The van der Waals surface area contributed by atoms with Crippen LogP contribution in [0.1, 0.15) is 19.0 Å². The van der Waals surface area contributed by atoms with E-state index >= 15 is 0 Å². The molecule has 0 amide bonds. The summed E-state index contributed by atoms with van der Waals surface area (Å²) in [5.74, 6) is 0. The molecule has 1 fully saturated rings. The SMILES string of the molecule is CCc1nc2ccccn2c(=O)c1-c1ccc(N[C@@H]2CCNC2)cc1. The third-order valence-corrected chi connectivity index (χ3v) is 4.75. The topological polar surface area (TPSA) is 58.4 Å². The first-order chi connectivity index (χ1) is 12.3. The lowest BCUT2D eigenvalue weighted by Crippen LogP contribution is -2.22. The van der Waals surface area contributed by atoms with Crippen LogP contribution in [0.3, 0.4) is 0 Å². The molecule has 0 bridgehead atoms. The van der Waals surface area contributed by atoms with Crippen molar-refractivity contribution in [1.29, 1.82) is 0 Å². The summed E-state index contributed by atoms with van der Waals surface area (Å²) in [6, 6.07) is 14.2. The van der Waals surface area contributed by atoms with Crippen LogP contribution in [-0.4, -0.2) is 28.5 Å². The van der Waals surface area contributed by atoms with Gasteiger partial charge in [-0.15, -0.1) is 0 Å². The van der Waals surface area contributed by atoms with E-state index in [0.717, 1.165) is 42.9 Å². The number of aryl methyl sites for hydroxylation is 1. The van der Waals surface area contributed by atoms with Gasteiger partial charge >= 0.3 is 0 Å². The van der Waals surface area contributed by atoms with Crippen molar-refractivity contribution in [1.82, 2.24) is 14.7 Å². The zero-order valence-electron chi connectivity index (χ0n) is 14.3. The monoisotopic (exact) mass is 334 g/mol. The molecule has 3 aromatic rings. The quantitative estimate of drug-likeness (QED) is 0.770. The number of nitrogens with one attached hydrogen (secondary N) is 2. The van der Waals surface area contributed by atoms with Gasteiger partial charge in [0.1, 0.15) is 5.65 Å². The molecule has 3 heterocycles. The Morgan fingerprint density at radius 2 is 2.08 bits per heavy atom. The lowest BCUT2D eigenvalue weighted by atomic mass is 10.0. The summed E-state index contributed by atoms with van der Waals surface area (Å²) in [7, 11) is 0. The molecule has 0 aliphatic carbocycles. The molecule has 0 spiro atoms. The van der Waals surface area contributed by atoms with Crippen molar-refractivity contribution < 1.29 is 0 Å². The predicted octanol–water partition coefficient (Wildman–Crippen LogP) is 2.70. The van der Waals surface area contributed by atoms with E-state index < -0.39 is 0 Å². The first kappa shape index (κ1) is 15.8. The van der Waals surface area contributed by atoms with Crippen LogP contribution in [-0.2, 0) is 6.42 Å². The molecule has 1 aromatic carbocycles. The molecule has 1 aliphatic rings. The molecular weight excluding hydrogens is 312 g/mol. The van der Waals surface area contributed by atoms with Crippen LogP contribution in [0.5, 0.6) is 0 Å². The van der Waals surface area contributed by atoms with Gasteiger partial charge in [0.2, 0.25) is 0 Å². The van der Waals surface area contributed by atoms with Crippen LogP contribution < -0.4 is 16.2 Å². The number of hydrogen-bond donors (Lipinski definition) is 2. The number of nitrogens with zero attached hydrogens (tertiary/aromatic N) is 2. The minimum Gasteiger partial charge on any atom is -0.381 e. The van der Waals surface area contributed by atoms with Gasteiger partial charge in [0.15, 0.2) is 0 Å².